The number of carbonyl (C=O) groups is 2. The maximum Gasteiger partial charge on any atom is 0.342 e. The van der Waals surface area contributed by atoms with E-state index < -0.39 is 28.5 Å². The zero-order valence-corrected chi connectivity index (χ0v) is 18.7. The van der Waals surface area contributed by atoms with E-state index in [-0.39, 0.29) is 21.9 Å². The highest BCUT2D eigenvalue weighted by molar-refractivity contribution is 7.89. The maximum atomic E-state index is 12.6. The molecule has 2 rings (SSSR count). The third-order valence-electron chi connectivity index (χ3n) is 4.42. The molecule has 0 aliphatic rings. The summed E-state index contributed by atoms with van der Waals surface area (Å²) in [6.45, 7) is 3.60. The van der Waals surface area contributed by atoms with Crippen LogP contribution in [0.3, 0.4) is 0 Å². The van der Waals surface area contributed by atoms with E-state index in [0.29, 0.717) is 18.8 Å². The van der Waals surface area contributed by atoms with Crippen molar-refractivity contribution in [2.45, 2.75) is 18.7 Å². The van der Waals surface area contributed by atoms with E-state index >= 15 is 0 Å². The number of sulfonamides is 1. The predicted octanol–water partition coefficient (Wildman–Crippen LogP) is 2.53. The molecule has 0 aliphatic heterocycles. The quantitative estimate of drug-likeness (QED) is 0.554. The molecule has 0 atom stereocenters. The number of methoxy groups -OCH3 is 2. The lowest BCUT2D eigenvalue weighted by molar-refractivity contribution is -0.119. The predicted molar refractivity (Wildman–Crippen MR) is 115 cm³/mol. The fourth-order valence-corrected chi connectivity index (χ4v) is 4.41. The van der Waals surface area contributed by atoms with Crippen LogP contribution >= 0.6 is 0 Å². The Morgan fingerprint density at radius 3 is 2.29 bits per heavy atom. The van der Waals surface area contributed by atoms with Crippen LogP contribution < -0.4 is 14.8 Å². The molecule has 0 aromatic heterocycles. The molecule has 0 fully saturated rings. The molecule has 0 aliphatic carbocycles. The SMILES string of the molecule is CCN(CC)S(=O)(=O)c1cccc(NC(=O)COC(=O)c2cccc(OC)c2OC)c1. The van der Waals surface area contributed by atoms with E-state index in [0.717, 1.165) is 0 Å². The molecular formula is C21H26N2O7S. The summed E-state index contributed by atoms with van der Waals surface area (Å²) in [6.07, 6.45) is 0. The average Bonchev–Trinajstić information content (AvgIpc) is 2.77. The number of para-hydroxylation sites is 1. The summed E-state index contributed by atoms with van der Waals surface area (Å²) in [5.74, 6) is -0.825. The second-order valence-electron chi connectivity index (χ2n) is 6.28. The van der Waals surface area contributed by atoms with Crippen molar-refractivity contribution in [3.63, 3.8) is 0 Å². The van der Waals surface area contributed by atoms with E-state index in [1.807, 2.05) is 0 Å². The minimum Gasteiger partial charge on any atom is -0.493 e. The number of carbonyl (C=O) groups excluding carboxylic acids is 2. The molecule has 0 saturated carbocycles. The van der Waals surface area contributed by atoms with Crippen molar-refractivity contribution in [1.29, 1.82) is 0 Å². The van der Waals surface area contributed by atoms with Crippen molar-refractivity contribution in [1.82, 2.24) is 4.31 Å². The first-order valence-corrected chi connectivity index (χ1v) is 11.0. The number of hydrogen-bond donors (Lipinski definition) is 1. The van der Waals surface area contributed by atoms with E-state index in [9.17, 15) is 18.0 Å². The van der Waals surface area contributed by atoms with Crippen molar-refractivity contribution in [3.8, 4) is 11.5 Å². The highest BCUT2D eigenvalue weighted by Crippen LogP contribution is 2.31. The molecule has 2 aromatic carbocycles. The number of anilines is 1. The zero-order chi connectivity index (χ0) is 23.0. The number of esters is 1. The molecule has 0 heterocycles. The Morgan fingerprint density at radius 1 is 1.00 bits per heavy atom. The van der Waals surface area contributed by atoms with Gasteiger partial charge in [0.2, 0.25) is 10.0 Å². The topological polar surface area (TPSA) is 111 Å². The molecule has 0 bridgehead atoms. The Hall–Kier alpha value is -3.11. The van der Waals surface area contributed by atoms with E-state index in [1.54, 1.807) is 32.0 Å². The molecule has 0 saturated heterocycles. The molecule has 0 unspecified atom stereocenters. The fourth-order valence-electron chi connectivity index (χ4n) is 2.90. The van der Waals surface area contributed by atoms with E-state index in [2.05, 4.69) is 5.32 Å². The van der Waals surface area contributed by atoms with Gasteiger partial charge in [0, 0.05) is 18.8 Å². The Kier molecular flexibility index (Phi) is 8.40. The van der Waals surface area contributed by atoms with Crippen LogP contribution in [-0.4, -0.2) is 58.5 Å². The van der Waals surface area contributed by atoms with Crippen LogP contribution in [0.4, 0.5) is 5.69 Å². The van der Waals surface area contributed by atoms with Crippen LogP contribution in [0.25, 0.3) is 0 Å². The first kappa shape index (κ1) is 24.2. The smallest absolute Gasteiger partial charge is 0.342 e. The third-order valence-corrected chi connectivity index (χ3v) is 6.46. The molecule has 10 heteroatoms. The number of benzene rings is 2. The van der Waals surface area contributed by atoms with Gasteiger partial charge >= 0.3 is 5.97 Å². The Labute approximate surface area is 182 Å². The van der Waals surface area contributed by atoms with Gasteiger partial charge in [0.15, 0.2) is 18.1 Å². The summed E-state index contributed by atoms with van der Waals surface area (Å²) in [5, 5.41) is 2.53. The van der Waals surface area contributed by atoms with Crippen molar-refractivity contribution in [2.24, 2.45) is 0 Å². The number of amides is 1. The number of nitrogens with one attached hydrogen (secondary N) is 1. The summed E-state index contributed by atoms with van der Waals surface area (Å²) < 4.78 is 42.0. The minimum absolute atomic E-state index is 0.0621. The van der Waals surface area contributed by atoms with Gasteiger partial charge in [-0.1, -0.05) is 26.0 Å². The number of ether oxygens (including phenoxy) is 3. The van der Waals surface area contributed by atoms with Gasteiger partial charge in [-0.3, -0.25) is 4.79 Å². The second kappa shape index (κ2) is 10.8. The third kappa shape index (κ3) is 5.74. The summed E-state index contributed by atoms with van der Waals surface area (Å²) in [6, 6.07) is 10.6. The average molecular weight is 451 g/mol. The van der Waals surface area contributed by atoms with Crippen LogP contribution in [0, 0.1) is 0 Å². The lowest BCUT2D eigenvalue weighted by Gasteiger charge is -2.18. The minimum atomic E-state index is -3.66. The van der Waals surface area contributed by atoms with Gasteiger partial charge in [-0.25, -0.2) is 13.2 Å². The number of nitrogens with zero attached hydrogens (tertiary/aromatic N) is 1. The van der Waals surface area contributed by atoms with Crippen molar-refractivity contribution < 1.29 is 32.2 Å². The van der Waals surface area contributed by atoms with Crippen LogP contribution in [0.15, 0.2) is 47.4 Å². The van der Waals surface area contributed by atoms with Crippen LogP contribution in [0.2, 0.25) is 0 Å². The molecule has 168 valence electrons. The number of hydrogen-bond acceptors (Lipinski definition) is 7. The van der Waals surface area contributed by atoms with Gasteiger partial charge in [-0.15, -0.1) is 0 Å². The molecule has 9 nitrogen and oxygen atoms in total. The molecule has 31 heavy (non-hydrogen) atoms. The lowest BCUT2D eigenvalue weighted by atomic mass is 10.2. The molecule has 1 amide bonds. The molecule has 2 aromatic rings. The molecule has 1 N–H and O–H groups in total. The maximum absolute atomic E-state index is 12.6. The first-order chi connectivity index (χ1) is 14.8. The molecular weight excluding hydrogens is 424 g/mol. The largest absolute Gasteiger partial charge is 0.493 e. The highest BCUT2D eigenvalue weighted by Gasteiger charge is 2.22. The summed E-state index contributed by atoms with van der Waals surface area (Å²) >= 11 is 0. The van der Waals surface area contributed by atoms with E-state index in [1.165, 1.54) is 42.8 Å². The van der Waals surface area contributed by atoms with Gasteiger partial charge in [-0.2, -0.15) is 4.31 Å². The van der Waals surface area contributed by atoms with Crippen LogP contribution in [0.5, 0.6) is 11.5 Å². The summed E-state index contributed by atoms with van der Waals surface area (Å²) in [5.41, 5.74) is 0.384. The van der Waals surface area contributed by atoms with Gasteiger partial charge in [0.1, 0.15) is 5.56 Å². The van der Waals surface area contributed by atoms with Crippen LogP contribution in [0.1, 0.15) is 24.2 Å². The van der Waals surface area contributed by atoms with Crippen LogP contribution in [-0.2, 0) is 19.6 Å². The van der Waals surface area contributed by atoms with E-state index in [4.69, 9.17) is 14.2 Å². The van der Waals surface area contributed by atoms with Gasteiger partial charge in [0.25, 0.3) is 5.91 Å². The van der Waals surface area contributed by atoms with Gasteiger partial charge in [0.05, 0.1) is 19.1 Å². The second-order valence-corrected chi connectivity index (χ2v) is 8.22. The fraction of sp³-hybridized carbons (Fsp3) is 0.333. The standard InChI is InChI=1S/C21H26N2O7S/c1-5-23(6-2)31(26,27)16-10-7-9-15(13-16)22-19(24)14-30-21(25)17-11-8-12-18(28-3)20(17)29-4/h7-13H,5-6,14H2,1-4H3,(H,22,24). The number of rotatable bonds is 10. The zero-order valence-electron chi connectivity index (χ0n) is 17.9. The molecule has 0 spiro atoms. The first-order valence-electron chi connectivity index (χ1n) is 9.56. The molecule has 0 radical (unpaired) electrons. The summed E-state index contributed by atoms with van der Waals surface area (Å²) in [7, 11) is -0.836. The Balaban J connectivity index is 2.07. The van der Waals surface area contributed by atoms with Crippen molar-refractivity contribution >= 4 is 27.6 Å². The van der Waals surface area contributed by atoms with Crippen molar-refractivity contribution in [3.05, 3.63) is 48.0 Å². The van der Waals surface area contributed by atoms with Crippen molar-refractivity contribution in [2.75, 3.05) is 39.2 Å². The monoisotopic (exact) mass is 450 g/mol. The highest BCUT2D eigenvalue weighted by atomic mass is 32.2. The summed E-state index contributed by atoms with van der Waals surface area (Å²) in [4.78, 5) is 24.6. The normalized spacial score (nSPS) is 11.1. The Bertz CT molecular complexity index is 1030. The van der Waals surface area contributed by atoms with Gasteiger partial charge in [-0.05, 0) is 30.3 Å². The van der Waals surface area contributed by atoms with Gasteiger partial charge < -0.3 is 19.5 Å². The Morgan fingerprint density at radius 2 is 1.68 bits per heavy atom. The lowest BCUT2D eigenvalue weighted by Crippen LogP contribution is -2.30.